The first-order valence-electron chi connectivity index (χ1n) is 5.26. The number of hydrogen-bond donors (Lipinski definition) is 2. The number of carbonyl (C=O) groups is 2. The van der Waals surface area contributed by atoms with Crippen LogP contribution in [0, 0.1) is 0 Å². The van der Waals surface area contributed by atoms with E-state index < -0.39 is 11.8 Å². The standard InChI is InChI=1S/C10H14ClN5O2/c1-2-6-9(11)14-5-15-10(6)16(3-7(12)17)4-8(13)18/h5H,2-4H2,1H3,(H2,12,17)(H2,13,18). The summed E-state index contributed by atoms with van der Waals surface area (Å²) in [5.41, 5.74) is 10.9. The fourth-order valence-electron chi connectivity index (χ4n) is 1.54. The first-order chi connectivity index (χ1) is 8.45. The second-order valence-electron chi connectivity index (χ2n) is 3.61. The zero-order valence-electron chi connectivity index (χ0n) is 9.89. The van der Waals surface area contributed by atoms with Crippen molar-refractivity contribution < 1.29 is 9.59 Å². The van der Waals surface area contributed by atoms with Gasteiger partial charge in [0.2, 0.25) is 11.8 Å². The summed E-state index contributed by atoms with van der Waals surface area (Å²) in [5.74, 6) is -0.781. The van der Waals surface area contributed by atoms with Crippen molar-refractivity contribution in [2.45, 2.75) is 13.3 Å². The minimum atomic E-state index is -0.590. The van der Waals surface area contributed by atoms with Gasteiger partial charge in [0.25, 0.3) is 0 Å². The quantitative estimate of drug-likeness (QED) is 0.675. The van der Waals surface area contributed by atoms with Crippen molar-refractivity contribution in [1.29, 1.82) is 0 Å². The molecule has 7 nitrogen and oxygen atoms in total. The zero-order valence-corrected chi connectivity index (χ0v) is 10.6. The Morgan fingerprint density at radius 3 is 2.28 bits per heavy atom. The lowest BCUT2D eigenvalue weighted by Gasteiger charge is -2.22. The predicted molar refractivity (Wildman–Crippen MR) is 67.0 cm³/mol. The van der Waals surface area contributed by atoms with Crippen LogP contribution in [0.4, 0.5) is 5.82 Å². The molecule has 0 unspecified atom stereocenters. The first-order valence-corrected chi connectivity index (χ1v) is 5.64. The highest BCUT2D eigenvalue weighted by molar-refractivity contribution is 6.30. The Balaban J connectivity index is 3.15. The van der Waals surface area contributed by atoms with Crippen molar-refractivity contribution in [3.05, 3.63) is 17.0 Å². The molecule has 1 rings (SSSR count). The SMILES string of the molecule is CCc1c(Cl)ncnc1N(CC(N)=O)CC(N)=O. The Morgan fingerprint density at radius 2 is 1.83 bits per heavy atom. The third kappa shape index (κ3) is 3.56. The molecule has 0 spiro atoms. The van der Waals surface area contributed by atoms with Crippen LogP contribution >= 0.6 is 11.6 Å². The van der Waals surface area contributed by atoms with E-state index in [1.54, 1.807) is 0 Å². The van der Waals surface area contributed by atoms with Crippen LogP contribution in [-0.4, -0.2) is 34.9 Å². The zero-order chi connectivity index (χ0) is 13.7. The van der Waals surface area contributed by atoms with Crippen LogP contribution in [0.5, 0.6) is 0 Å². The normalized spacial score (nSPS) is 10.1. The van der Waals surface area contributed by atoms with E-state index in [0.717, 1.165) is 0 Å². The van der Waals surface area contributed by atoms with E-state index in [9.17, 15) is 9.59 Å². The lowest BCUT2D eigenvalue weighted by molar-refractivity contribution is -0.117. The third-order valence-corrected chi connectivity index (χ3v) is 2.54. The molecule has 0 radical (unpaired) electrons. The van der Waals surface area contributed by atoms with Gasteiger partial charge in [-0.25, -0.2) is 9.97 Å². The van der Waals surface area contributed by atoms with Crippen LogP contribution in [-0.2, 0) is 16.0 Å². The molecule has 0 saturated carbocycles. The summed E-state index contributed by atoms with van der Waals surface area (Å²) in [7, 11) is 0. The molecule has 0 saturated heterocycles. The van der Waals surface area contributed by atoms with E-state index in [2.05, 4.69) is 9.97 Å². The number of hydrogen-bond acceptors (Lipinski definition) is 5. The molecule has 0 fully saturated rings. The summed E-state index contributed by atoms with van der Waals surface area (Å²) < 4.78 is 0. The van der Waals surface area contributed by atoms with Crippen LogP contribution < -0.4 is 16.4 Å². The Labute approximate surface area is 109 Å². The number of primary amides is 2. The smallest absolute Gasteiger partial charge is 0.237 e. The maximum absolute atomic E-state index is 11.0. The fraction of sp³-hybridized carbons (Fsp3) is 0.400. The predicted octanol–water partition coefficient (Wildman–Crippen LogP) is -0.531. The summed E-state index contributed by atoms with van der Waals surface area (Å²) in [5, 5.41) is 0.279. The molecule has 18 heavy (non-hydrogen) atoms. The van der Waals surface area contributed by atoms with Crippen LogP contribution in [0.15, 0.2) is 6.33 Å². The topological polar surface area (TPSA) is 115 Å². The molecule has 0 aliphatic carbocycles. The largest absolute Gasteiger partial charge is 0.368 e. The van der Waals surface area contributed by atoms with Gasteiger partial charge >= 0.3 is 0 Å². The Hall–Kier alpha value is -1.89. The van der Waals surface area contributed by atoms with Gasteiger partial charge in [-0.1, -0.05) is 18.5 Å². The molecule has 0 aliphatic heterocycles. The van der Waals surface area contributed by atoms with Gasteiger partial charge in [0, 0.05) is 5.56 Å². The van der Waals surface area contributed by atoms with Gasteiger partial charge in [0.05, 0.1) is 13.1 Å². The number of nitrogens with zero attached hydrogens (tertiary/aromatic N) is 3. The molecule has 1 aromatic rings. The maximum Gasteiger partial charge on any atom is 0.237 e. The summed E-state index contributed by atoms with van der Waals surface area (Å²) >= 11 is 5.94. The van der Waals surface area contributed by atoms with Gasteiger partial charge < -0.3 is 16.4 Å². The van der Waals surface area contributed by atoms with Crippen LogP contribution in [0.3, 0.4) is 0 Å². The van der Waals surface area contributed by atoms with E-state index in [0.29, 0.717) is 17.8 Å². The van der Waals surface area contributed by atoms with Crippen LogP contribution in [0.25, 0.3) is 0 Å². The fourth-order valence-corrected chi connectivity index (χ4v) is 1.80. The van der Waals surface area contributed by atoms with E-state index >= 15 is 0 Å². The minimum Gasteiger partial charge on any atom is -0.368 e. The highest BCUT2D eigenvalue weighted by Crippen LogP contribution is 2.23. The lowest BCUT2D eigenvalue weighted by atomic mass is 10.2. The number of nitrogens with two attached hydrogens (primary N) is 2. The van der Waals surface area contributed by atoms with Gasteiger partial charge in [-0.15, -0.1) is 0 Å². The highest BCUT2D eigenvalue weighted by atomic mass is 35.5. The second kappa shape index (κ2) is 6.15. The summed E-state index contributed by atoms with van der Waals surface area (Å²) in [6.45, 7) is 1.54. The average molecular weight is 272 g/mol. The Morgan fingerprint density at radius 1 is 1.28 bits per heavy atom. The van der Waals surface area contributed by atoms with Crippen molar-refractivity contribution in [2.24, 2.45) is 11.5 Å². The number of anilines is 1. The molecular formula is C10H14ClN5O2. The highest BCUT2D eigenvalue weighted by Gasteiger charge is 2.18. The molecule has 8 heteroatoms. The van der Waals surface area contributed by atoms with Crippen molar-refractivity contribution in [2.75, 3.05) is 18.0 Å². The molecule has 2 amide bonds. The molecule has 98 valence electrons. The maximum atomic E-state index is 11.0. The molecule has 1 aromatic heterocycles. The van der Waals surface area contributed by atoms with Gasteiger partial charge in [0.1, 0.15) is 17.3 Å². The number of aromatic nitrogens is 2. The van der Waals surface area contributed by atoms with E-state index in [4.69, 9.17) is 23.1 Å². The first kappa shape index (κ1) is 14.2. The van der Waals surface area contributed by atoms with Crippen LogP contribution in [0.2, 0.25) is 5.15 Å². The van der Waals surface area contributed by atoms with Gasteiger partial charge in [-0.2, -0.15) is 0 Å². The monoisotopic (exact) mass is 271 g/mol. The third-order valence-electron chi connectivity index (χ3n) is 2.22. The van der Waals surface area contributed by atoms with Gasteiger partial charge in [0.15, 0.2) is 0 Å². The Bertz CT molecular complexity index is 450. The molecule has 0 aromatic carbocycles. The number of rotatable bonds is 6. The average Bonchev–Trinajstić information content (AvgIpc) is 2.26. The van der Waals surface area contributed by atoms with Crippen molar-refractivity contribution in [3.63, 3.8) is 0 Å². The number of halogens is 1. The van der Waals surface area contributed by atoms with Gasteiger partial charge in [-0.05, 0) is 6.42 Å². The van der Waals surface area contributed by atoms with Crippen molar-refractivity contribution >= 4 is 29.2 Å². The Kier molecular flexibility index (Phi) is 4.85. The summed E-state index contributed by atoms with van der Waals surface area (Å²) in [4.78, 5) is 31.3. The molecule has 0 bridgehead atoms. The summed E-state index contributed by atoms with van der Waals surface area (Å²) in [6.07, 6.45) is 1.81. The van der Waals surface area contributed by atoms with E-state index in [1.165, 1.54) is 11.2 Å². The lowest BCUT2D eigenvalue weighted by Crippen LogP contribution is -2.40. The molecule has 0 atom stereocenters. The number of amides is 2. The van der Waals surface area contributed by atoms with Crippen molar-refractivity contribution in [3.8, 4) is 0 Å². The van der Waals surface area contributed by atoms with Crippen LogP contribution in [0.1, 0.15) is 12.5 Å². The minimum absolute atomic E-state index is 0.163. The molecule has 1 heterocycles. The summed E-state index contributed by atoms with van der Waals surface area (Å²) in [6, 6.07) is 0. The molecule has 0 aliphatic rings. The van der Waals surface area contributed by atoms with E-state index in [-0.39, 0.29) is 18.2 Å². The van der Waals surface area contributed by atoms with Gasteiger partial charge in [-0.3, -0.25) is 9.59 Å². The molecule has 4 N–H and O–H groups in total. The van der Waals surface area contributed by atoms with Crippen molar-refractivity contribution in [1.82, 2.24) is 9.97 Å². The van der Waals surface area contributed by atoms with E-state index in [1.807, 2.05) is 6.92 Å². The molecular weight excluding hydrogens is 258 g/mol. The second-order valence-corrected chi connectivity index (χ2v) is 3.97. The number of carbonyl (C=O) groups excluding carboxylic acids is 2.